The van der Waals surface area contributed by atoms with Crippen molar-refractivity contribution in [3.05, 3.63) is 34.8 Å². The first-order valence-corrected chi connectivity index (χ1v) is 8.88. The van der Waals surface area contributed by atoms with Gasteiger partial charge in [0.15, 0.2) is 5.58 Å². The van der Waals surface area contributed by atoms with Crippen molar-refractivity contribution in [1.82, 2.24) is 14.8 Å². The molecule has 1 fully saturated rings. The van der Waals surface area contributed by atoms with Crippen LogP contribution in [0.5, 0.6) is 0 Å². The van der Waals surface area contributed by atoms with Crippen LogP contribution in [0.25, 0.3) is 11.1 Å². The Labute approximate surface area is 150 Å². The molecule has 0 atom stereocenters. The van der Waals surface area contributed by atoms with Gasteiger partial charge in [0.05, 0.1) is 12.1 Å². The maximum Gasteiger partial charge on any atom is 0.419 e. The van der Waals surface area contributed by atoms with E-state index in [0.717, 1.165) is 0 Å². The van der Waals surface area contributed by atoms with E-state index in [2.05, 4.69) is 5.32 Å². The van der Waals surface area contributed by atoms with Crippen LogP contribution in [0.2, 0.25) is 0 Å². The van der Waals surface area contributed by atoms with E-state index in [1.807, 2.05) is 6.07 Å². The molecule has 0 aliphatic carbocycles. The number of carbonyl (C=O) groups is 2. The molecule has 1 aromatic heterocycles. The maximum absolute atomic E-state index is 12.2. The van der Waals surface area contributed by atoms with Crippen LogP contribution in [0.3, 0.4) is 0 Å². The van der Waals surface area contributed by atoms with Crippen LogP contribution in [0, 0.1) is 0 Å². The number of aryl methyl sites for hydroxylation is 1. The zero-order valence-electron chi connectivity index (χ0n) is 14.8. The van der Waals surface area contributed by atoms with Crippen molar-refractivity contribution in [1.29, 1.82) is 0 Å². The van der Waals surface area contributed by atoms with Crippen LogP contribution in [-0.4, -0.2) is 47.2 Å². The summed E-state index contributed by atoms with van der Waals surface area (Å²) >= 11 is 0. The molecule has 3 rings (SSSR count). The highest BCUT2D eigenvalue weighted by atomic mass is 16.6. The largest absolute Gasteiger partial charge is 0.450 e. The first-order valence-electron chi connectivity index (χ1n) is 8.88. The van der Waals surface area contributed by atoms with Crippen LogP contribution in [0.4, 0.5) is 4.79 Å². The van der Waals surface area contributed by atoms with Gasteiger partial charge in [-0.15, -0.1) is 0 Å². The van der Waals surface area contributed by atoms with Gasteiger partial charge in [0.25, 0.3) is 0 Å². The molecule has 1 aliphatic heterocycles. The molecule has 8 heteroatoms. The third-order valence-electron chi connectivity index (χ3n) is 4.52. The standard InChI is InChI=1S/C18H23N3O5/c1-2-25-17(23)20-10-7-13(8-11-20)19-16(22)9-12-21-14-5-3-4-6-15(14)26-18(21)24/h3-6,13H,2,7-12H2,1H3,(H,19,22). The van der Waals surface area contributed by atoms with Crippen LogP contribution in [0.1, 0.15) is 26.2 Å². The quantitative estimate of drug-likeness (QED) is 0.875. The normalized spacial score (nSPS) is 15.2. The number of rotatable bonds is 5. The molecular weight excluding hydrogens is 338 g/mol. The van der Waals surface area contributed by atoms with E-state index in [0.29, 0.717) is 43.6 Å². The topological polar surface area (TPSA) is 93.8 Å². The molecule has 1 N–H and O–H groups in total. The molecule has 0 unspecified atom stereocenters. The number of oxazole rings is 1. The van der Waals surface area contributed by atoms with Crippen molar-refractivity contribution in [2.75, 3.05) is 19.7 Å². The van der Waals surface area contributed by atoms with Crippen molar-refractivity contribution in [3.8, 4) is 0 Å². The van der Waals surface area contributed by atoms with Gasteiger partial charge < -0.3 is 19.4 Å². The van der Waals surface area contributed by atoms with Crippen LogP contribution in [0.15, 0.2) is 33.5 Å². The molecule has 0 radical (unpaired) electrons. The molecule has 2 amide bonds. The summed E-state index contributed by atoms with van der Waals surface area (Å²) < 4.78 is 11.6. The minimum absolute atomic E-state index is 0.0333. The maximum atomic E-state index is 12.2. The van der Waals surface area contributed by atoms with E-state index in [1.54, 1.807) is 30.0 Å². The molecule has 0 bridgehead atoms. The Balaban J connectivity index is 1.48. The van der Waals surface area contributed by atoms with Crippen molar-refractivity contribution in [2.24, 2.45) is 0 Å². The summed E-state index contributed by atoms with van der Waals surface area (Å²) in [6.07, 6.45) is 1.28. The molecule has 1 aliphatic rings. The molecule has 26 heavy (non-hydrogen) atoms. The lowest BCUT2D eigenvalue weighted by molar-refractivity contribution is -0.122. The summed E-state index contributed by atoms with van der Waals surface area (Å²) in [5, 5.41) is 2.98. The summed E-state index contributed by atoms with van der Waals surface area (Å²) in [5.41, 5.74) is 1.21. The van der Waals surface area contributed by atoms with Gasteiger partial charge in [-0.1, -0.05) is 12.1 Å². The van der Waals surface area contributed by atoms with E-state index in [1.165, 1.54) is 4.57 Å². The fourth-order valence-electron chi connectivity index (χ4n) is 3.16. The highest BCUT2D eigenvalue weighted by molar-refractivity contribution is 5.77. The van der Waals surface area contributed by atoms with E-state index in [9.17, 15) is 14.4 Å². The lowest BCUT2D eigenvalue weighted by Crippen LogP contribution is -2.46. The van der Waals surface area contributed by atoms with Gasteiger partial charge in [-0.2, -0.15) is 0 Å². The van der Waals surface area contributed by atoms with E-state index >= 15 is 0 Å². The first kappa shape index (κ1) is 18.0. The summed E-state index contributed by atoms with van der Waals surface area (Å²) in [5.74, 6) is -0.571. The number of para-hydroxylation sites is 2. The van der Waals surface area contributed by atoms with E-state index in [4.69, 9.17) is 9.15 Å². The van der Waals surface area contributed by atoms with Crippen molar-refractivity contribution in [3.63, 3.8) is 0 Å². The second-order valence-electron chi connectivity index (χ2n) is 6.27. The number of piperidine rings is 1. The van der Waals surface area contributed by atoms with Crippen molar-refractivity contribution >= 4 is 23.1 Å². The minimum atomic E-state index is -0.457. The Morgan fingerprint density at radius 1 is 1.27 bits per heavy atom. The Kier molecular flexibility index (Phi) is 5.60. The second kappa shape index (κ2) is 8.07. The number of amides is 2. The SMILES string of the molecule is CCOC(=O)N1CCC(NC(=O)CCn2c(=O)oc3ccccc32)CC1. The molecule has 1 aromatic carbocycles. The number of nitrogens with one attached hydrogen (secondary N) is 1. The van der Waals surface area contributed by atoms with Gasteiger partial charge in [-0.3, -0.25) is 9.36 Å². The Bertz CT molecular complexity index is 833. The van der Waals surface area contributed by atoms with Gasteiger partial charge in [0.2, 0.25) is 5.91 Å². The Hall–Kier alpha value is -2.77. The first-order chi connectivity index (χ1) is 12.6. The Morgan fingerprint density at radius 2 is 2.00 bits per heavy atom. The minimum Gasteiger partial charge on any atom is -0.450 e. The van der Waals surface area contributed by atoms with Crippen molar-refractivity contribution < 1.29 is 18.7 Å². The molecule has 8 nitrogen and oxygen atoms in total. The van der Waals surface area contributed by atoms with Gasteiger partial charge in [-0.25, -0.2) is 9.59 Å². The fraction of sp³-hybridized carbons (Fsp3) is 0.500. The third kappa shape index (κ3) is 4.07. The fourth-order valence-corrected chi connectivity index (χ4v) is 3.16. The molecule has 2 heterocycles. The van der Waals surface area contributed by atoms with E-state index < -0.39 is 5.76 Å². The van der Waals surface area contributed by atoms with Gasteiger partial charge in [0.1, 0.15) is 0 Å². The van der Waals surface area contributed by atoms with Crippen LogP contribution < -0.4 is 11.1 Å². The number of fused-ring (bicyclic) bond motifs is 1. The Morgan fingerprint density at radius 3 is 2.73 bits per heavy atom. The summed E-state index contributed by atoms with van der Waals surface area (Å²) in [4.78, 5) is 37.5. The number of hydrogen-bond acceptors (Lipinski definition) is 5. The highest BCUT2D eigenvalue weighted by Gasteiger charge is 2.24. The predicted octanol–water partition coefficient (Wildman–Crippen LogP) is 1.72. The third-order valence-corrected chi connectivity index (χ3v) is 4.52. The summed E-state index contributed by atoms with van der Waals surface area (Å²) in [6, 6.07) is 7.18. The number of aromatic nitrogens is 1. The number of benzene rings is 1. The number of hydrogen-bond donors (Lipinski definition) is 1. The zero-order valence-corrected chi connectivity index (χ0v) is 14.8. The van der Waals surface area contributed by atoms with Gasteiger partial charge >= 0.3 is 11.8 Å². The zero-order chi connectivity index (χ0) is 18.5. The number of carbonyl (C=O) groups excluding carboxylic acids is 2. The van der Waals surface area contributed by atoms with Gasteiger partial charge in [0, 0.05) is 32.1 Å². The monoisotopic (exact) mass is 361 g/mol. The number of ether oxygens (including phenoxy) is 1. The predicted molar refractivity (Wildman–Crippen MR) is 94.9 cm³/mol. The molecule has 2 aromatic rings. The van der Waals surface area contributed by atoms with E-state index in [-0.39, 0.29) is 31.0 Å². The molecule has 0 spiro atoms. The van der Waals surface area contributed by atoms with Crippen LogP contribution >= 0.6 is 0 Å². The molecule has 140 valence electrons. The lowest BCUT2D eigenvalue weighted by Gasteiger charge is -2.31. The smallest absolute Gasteiger partial charge is 0.419 e. The number of nitrogens with zero attached hydrogens (tertiary/aromatic N) is 2. The van der Waals surface area contributed by atoms with Crippen LogP contribution in [-0.2, 0) is 16.1 Å². The average molecular weight is 361 g/mol. The summed E-state index contributed by atoms with van der Waals surface area (Å²) in [7, 11) is 0. The lowest BCUT2D eigenvalue weighted by atomic mass is 10.1. The number of likely N-dealkylation sites (tertiary alicyclic amines) is 1. The molecule has 0 saturated carbocycles. The summed E-state index contributed by atoms with van der Waals surface area (Å²) in [6.45, 7) is 3.53. The molecule has 1 saturated heterocycles. The average Bonchev–Trinajstić information content (AvgIpc) is 2.96. The highest BCUT2D eigenvalue weighted by Crippen LogP contribution is 2.13. The van der Waals surface area contributed by atoms with Gasteiger partial charge in [-0.05, 0) is 31.9 Å². The second-order valence-corrected chi connectivity index (χ2v) is 6.27. The molecular formula is C18H23N3O5. The van der Waals surface area contributed by atoms with Crippen molar-refractivity contribution in [2.45, 2.75) is 38.8 Å².